The van der Waals surface area contributed by atoms with E-state index >= 15 is 0 Å². The summed E-state index contributed by atoms with van der Waals surface area (Å²) >= 11 is 0. The summed E-state index contributed by atoms with van der Waals surface area (Å²) in [6.07, 6.45) is 6.11. The molecule has 0 saturated carbocycles. The van der Waals surface area contributed by atoms with Crippen LogP contribution in [0, 0.1) is 12.3 Å². The molecule has 1 N–H and O–H groups in total. The highest BCUT2D eigenvalue weighted by atomic mass is 16.1. The van der Waals surface area contributed by atoms with Gasteiger partial charge in [-0.05, 0) is 16.3 Å². The van der Waals surface area contributed by atoms with Crippen LogP contribution >= 0.6 is 0 Å². The fourth-order valence-corrected chi connectivity index (χ4v) is 1.96. The fourth-order valence-electron chi connectivity index (χ4n) is 1.96. The molecule has 0 heterocycles. The van der Waals surface area contributed by atoms with E-state index in [1.165, 1.54) is 0 Å². The molecule has 0 fully saturated rings. The predicted octanol–water partition coefficient (Wildman–Crippen LogP) is 2.52. The molecule has 2 aromatic carbocycles. The first kappa shape index (κ1) is 12.2. The number of carbonyl (C=O) groups is 1. The Bertz CT molecular complexity index is 590. The van der Waals surface area contributed by atoms with Gasteiger partial charge in [-0.25, -0.2) is 0 Å². The summed E-state index contributed by atoms with van der Waals surface area (Å²) in [4.78, 5) is 11.8. The minimum atomic E-state index is 0.0154. The van der Waals surface area contributed by atoms with E-state index in [9.17, 15) is 4.79 Å². The van der Waals surface area contributed by atoms with Crippen LogP contribution in [0.5, 0.6) is 0 Å². The molecular formula is C16H15NO. The number of amides is 1. The molecule has 0 aliphatic rings. The second-order valence-electron chi connectivity index (χ2n) is 4.12. The van der Waals surface area contributed by atoms with Gasteiger partial charge in [0.1, 0.15) is 0 Å². The lowest BCUT2D eigenvalue weighted by atomic mass is 10.0. The summed E-state index contributed by atoms with van der Waals surface area (Å²) in [5.74, 6) is 2.52. The third kappa shape index (κ3) is 2.89. The van der Waals surface area contributed by atoms with Gasteiger partial charge in [0.25, 0.3) is 0 Å². The summed E-state index contributed by atoms with van der Waals surface area (Å²) < 4.78 is 0. The minimum Gasteiger partial charge on any atom is -0.355 e. The Balaban J connectivity index is 2.12. The summed E-state index contributed by atoms with van der Waals surface area (Å²) in [6, 6.07) is 14.1. The maximum absolute atomic E-state index is 11.8. The largest absolute Gasteiger partial charge is 0.355 e. The number of carbonyl (C=O) groups excluding carboxylic acids is 1. The third-order valence-electron chi connectivity index (χ3n) is 2.82. The number of rotatable bonds is 4. The molecule has 0 saturated heterocycles. The van der Waals surface area contributed by atoms with Gasteiger partial charge in [0.05, 0.1) is 6.42 Å². The Morgan fingerprint density at radius 1 is 1.17 bits per heavy atom. The van der Waals surface area contributed by atoms with Crippen molar-refractivity contribution in [1.82, 2.24) is 5.32 Å². The number of fused-ring (bicyclic) bond motifs is 1. The highest BCUT2D eigenvalue weighted by Gasteiger charge is 2.05. The Morgan fingerprint density at radius 3 is 2.78 bits per heavy atom. The summed E-state index contributed by atoms with van der Waals surface area (Å²) in [5, 5.41) is 5.11. The molecule has 2 aromatic rings. The van der Waals surface area contributed by atoms with Crippen molar-refractivity contribution < 1.29 is 4.79 Å². The quantitative estimate of drug-likeness (QED) is 0.642. The monoisotopic (exact) mass is 237 g/mol. The number of hydrogen-bond donors (Lipinski definition) is 1. The first-order valence-electron chi connectivity index (χ1n) is 5.98. The molecule has 2 heteroatoms. The molecule has 2 nitrogen and oxygen atoms in total. The van der Waals surface area contributed by atoms with Crippen LogP contribution in [0.25, 0.3) is 10.8 Å². The number of terminal acetylenes is 1. The van der Waals surface area contributed by atoms with Crippen molar-refractivity contribution in [2.75, 3.05) is 6.54 Å². The Hall–Kier alpha value is -2.27. The molecule has 0 aliphatic carbocycles. The molecule has 1 amide bonds. The number of hydrogen-bond acceptors (Lipinski definition) is 1. The average Bonchev–Trinajstić information content (AvgIpc) is 2.39. The number of benzene rings is 2. The van der Waals surface area contributed by atoms with Crippen LogP contribution in [0.15, 0.2) is 42.5 Å². The van der Waals surface area contributed by atoms with Crippen molar-refractivity contribution in [3.8, 4) is 12.3 Å². The zero-order valence-electron chi connectivity index (χ0n) is 10.1. The molecule has 0 radical (unpaired) electrons. The molecule has 90 valence electrons. The van der Waals surface area contributed by atoms with Gasteiger partial charge < -0.3 is 5.32 Å². The fraction of sp³-hybridized carbons (Fsp3) is 0.188. The maximum atomic E-state index is 11.8. The van der Waals surface area contributed by atoms with Crippen molar-refractivity contribution in [1.29, 1.82) is 0 Å². The van der Waals surface area contributed by atoms with Crippen LogP contribution in [0.1, 0.15) is 12.0 Å². The molecular weight excluding hydrogens is 222 g/mol. The summed E-state index contributed by atoms with van der Waals surface area (Å²) in [6.45, 7) is 0.542. The summed E-state index contributed by atoms with van der Waals surface area (Å²) in [7, 11) is 0. The first-order valence-corrected chi connectivity index (χ1v) is 5.98. The van der Waals surface area contributed by atoms with Crippen LogP contribution in [0.3, 0.4) is 0 Å². The van der Waals surface area contributed by atoms with E-state index in [2.05, 4.69) is 23.4 Å². The second kappa shape index (κ2) is 5.88. The van der Waals surface area contributed by atoms with Crippen molar-refractivity contribution in [3.63, 3.8) is 0 Å². The normalized spacial score (nSPS) is 9.94. The molecule has 0 bridgehead atoms. The lowest BCUT2D eigenvalue weighted by molar-refractivity contribution is -0.120. The molecule has 2 rings (SSSR count). The summed E-state index contributed by atoms with van der Waals surface area (Å²) in [5.41, 5.74) is 1.05. The van der Waals surface area contributed by atoms with Crippen molar-refractivity contribution in [3.05, 3.63) is 48.0 Å². The van der Waals surface area contributed by atoms with E-state index in [1.807, 2.05) is 30.3 Å². The van der Waals surface area contributed by atoms with Gasteiger partial charge in [-0.3, -0.25) is 4.79 Å². The smallest absolute Gasteiger partial charge is 0.224 e. The van der Waals surface area contributed by atoms with Gasteiger partial charge in [-0.15, -0.1) is 12.3 Å². The van der Waals surface area contributed by atoms with Gasteiger partial charge in [0, 0.05) is 13.0 Å². The van der Waals surface area contributed by atoms with Crippen LogP contribution in [-0.2, 0) is 11.2 Å². The van der Waals surface area contributed by atoms with Crippen LogP contribution < -0.4 is 5.32 Å². The average molecular weight is 237 g/mol. The van der Waals surface area contributed by atoms with Gasteiger partial charge in [0.15, 0.2) is 0 Å². The zero-order chi connectivity index (χ0) is 12.8. The molecule has 0 aliphatic heterocycles. The predicted molar refractivity (Wildman–Crippen MR) is 74.1 cm³/mol. The zero-order valence-corrected chi connectivity index (χ0v) is 10.1. The van der Waals surface area contributed by atoms with E-state index in [-0.39, 0.29) is 5.91 Å². The SMILES string of the molecule is C#CCCNC(=O)Cc1cccc2ccccc12. The Kier molecular flexibility index (Phi) is 3.98. The van der Waals surface area contributed by atoms with E-state index in [4.69, 9.17) is 6.42 Å². The van der Waals surface area contributed by atoms with Crippen molar-refractivity contribution in [2.24, 2.45) is 0 Å². The van der Waals surface area contributed by atoms with E-state index in [1.54, 1.807) is 0 Å². The lowest BCUT2D eigenvalue weighted by Crippen LogP contribution is -2.25. The molecule has 0 spiro atoms. The number of nitrogens with one attached hydrogen (secondary N) is 1. The topological polar surface area (TPSA) is 29.1 Å². The Labute approximate surface area is 107 Å². The molecule has 0 aromatic heterocycles. The highest BCUT2D eigenvalue weighted by Crippen LogP contribution is 2.18. The minimum absolute atomic E-state index is 0.0154. The highest BCUT2D eigenvalue weighted by molar-refractivity contribution is 5.90. The standard InChI is InChI=1S/C16H15NO/c1-2-3-11-17-16(18)12-14-9-6-8-13-7-4-5-10-15(13)14/h1,4-10H,3,11-12H2,(H,17,18). The van der Waals surface area contributed by atoms with Gasteiger partial charge >= 0.3 is 0 Å². The van der Waals surface area contributed by atoms with Gasteiger partial charge in [0.2, 0.25) is 5.91 Å². The van der Waals surface area contributed by atoms with Crippen molar-refractivity contribution >= 4 is 16.7 Å². The second-order valence-corrected chi connectivity index (χ2v) is 4.12. The maximum Gasteiger partial charge on any atom is 0.224 e. The van der Waals surface area contributed by atoms with Crippen LogP contribution in [0.2, 0.25) is 0 Å². The lowest BCUT2D eigenvalue weighted by Gasteiger charge is -2.06. The molecule has 18 heavy (non-hydrogen) atoms. The van der Waals surface area contributed by atoms with Gasteiger partial charge in [-0.1, -0.05) is 42.5 Å². The van der Waals surface area contributed by atoms with Crippen LogP contribution in [-0.4, -0.2) is 12.5 Å². The third-order valence-corrected chi connectivity index (χ3v) is 2.82. The van der Waals surface area contributed by atoms with Gasteiger partial charge in [-0.2, -0.15) is 0 Å². The van der Waals surface area contributed by atoms with E-state index in [0.717, 1.165) is 16.3 Å². The van der Waals surface area contributed by atoms with Crippen LogP contribution in [0.4, 0.5) is 0 Å². The van der Waals surface area contributed by atoms with E-state index in [0.29, 0.717) is 19.4 Å². The molecule has 0 unspecified atom stereocenters. The first-order chi connectivity index (χ1) is 8.81. The van der Waals surface area contributed by atoms with E-state index < -0.39 is 0 Å². The Morgan fingerprint density at radius 2 is 1.94 bits per heavy atom. The van der Waals surface area contributed by atoms with Crippen molar-refractivity contribution in [2.45, 2.75) is 12.8 Å². The molecule has 0 atom stereocenters.